The van der Waals surface area contributed by atoms with Crippen LogP contribution in [0.2, 0.25) is 0 Å². The second-order valence-electron chi connectivity index (χ2n) is 4.75. The molecule has 0 aromatic carbocycles. The molecule has 0 aliphatic heterocycles. The monoisotopic (exact) mass is 1040 g/mol. The van der Waals surface area contributed by atoms with Crippen molar-refractivity contribution in [1.82, 2.24) is 0 Å². The largest absolute Gasteiger partial charge is 2.00 e. The van der Waals surface area contributed by atoms with Crippen LogP contribution in [0.25, 0.3) is 0 Å². The fraction of sp³-hybridized carbons (Fsp3) is 1.00. The Hall–Kier alpha value is 2.04. The summed E-state index contributed by atoms with van der Waals surface area (Å²) in [6.07, 6.45) is 6.40. The van der Waals surface area contributed by atoms with Crippen molar-refractivity contribution >= 4 is 15.6 Å². The van der Waals surface area contributed by atoms with Crippen LogP contribution in [0.3, 0.4) is 0 Å². The first-order valence-corrected chi connectivity index (χ1v) is 11.3. The zero-order chi connectivity index (χ0) is 23.5. The van der Waals surface area contributed by atoms with Crippen molar-refractivity contribution in [2.75, 3.05) is 39.3 Å². The second kappa shape index (κ2) is 45.5. The van der Waals surface area contributed by atoms with Gasteiger partial charge in [-0.15, -0.1) is 0 Å². The second-order valence-corrected chi connectivity index (χ2v) is 6.54. The van der Waals surface area contributed by atoms with E-state index in [-0.39, 0.29) is 63.2 Å². The molecule has 0 saturated heterocycles. The fourth-order valence-electron chi connectivity index (χ4n) is 0.866. The van der Waals surface area contributed by atoms with Gasteiger partial charge in [-0.2, -0.15) is 15.6 Å². The van der Waals surface area contributed by atoms with Crippen molar-refractivity contribution in [2.45, 2.75) is 38.5 Å². The first kappa shape index (κ1) is 54.1. The van der Waals surface area contributed by atoms with Gasteiger partial charge in [-0.05, 0) is 77.8 Å². The molecule has 0 bridgehead atoms. The molecule has 0 rings (SSSR count). The molecule has 0 saturated carbocycles. The first-order chi connectivity index (χ1) is 12.7. The van der Waals surface area contributed by atoms with Crippen molar-refractivity contribution in [3.8, 4) is 0 Å². The summed E-state index contributed by atoms with van der Waals surface area (Å²) in [5.74, 6) is 0. The van der Waals surface area contributed by atoms with Crippen molar-refractivity contribution in [3.63, 3.8) is 0 Å². The quantitative estimate of drug-likeness (QED) is 0.0925. The molecular formula is C12H36N6O8P2Pt3. The van der Waals surface area contributed by atoms with Gasteiger partial charge in [-0.25, -0.2) is 0 Å². The van der Waals surface area contributed by atoms with E-state index >= 15 is 0 Å². The van der Waals surface area contributed by atoms with Crippen LogP contribution in [-0.4, -0.2) is 39.3 Å². The molecule has 14 nitrogen and oxygen atoms in total. The summed E-state index contributed by atoms with van der Waals surface area (Å²) in [6.45, 7) is 4.65. The SMILES string of the molecule is NCCCCN.NCCCCN.NCCCCN.O=P([O-])([O-])[O-].O=P([O-])([O-])[O-].[Pt+2].[Pt+2].[Pt+2]. The van der Waals surface area contributed by atoms with Crippen LogP contribution in [0.1, 0.15) is 38.5 Å². The van der Waals surface area contributed by atoms with E-state index in [9.17, 15) is 0 Å². The summed E-state index contributed by atoms with van der Waals surface area (Å²) < 4.78 is 17.1. The predicted octanol–water partition coefficient (Wildman–Crippen LogP) is -6.60. The molecule has 0 fully saturated rings. The van der Waals surface area contributed by atoms with Crippen molar-refractivity contribution in [2.24, 2.45) is 34.4 Å². The number of hydrogen-bond donors (Lipinski definition) is 6. The van der Waals surface area contributed by atoms with Gasteiger partial charge in [-0.1, -0.05) is 0 Å². The standard InChI is InChI=1S/3C4H12N2.2H3O4P.3Pt/c3*5-3-1-2-4-6;2*1-5(2,3)4;;;/h3*1-6H2;2*(H3,1,2,3,4);;;/q;;;;;3*+2/p-6. The Morgan fingerprint density at radius 2 is 0.452 bits per heavy atom. The third-order valence-electron chi connectivity index (χ3n) is 1.97. The zero-order valence-corrected chi connectivity index (χ0v) is 25.7. The van der Waals surface area contributed by atoms with E-state index in [4.69, 9.17) is 72.9 Å². The fourth-order valence-corrected chi connectivity index (χ4v) is 0.866. The van der Waals surface area contributed by atoms with Gasteiger partial charge in [0, 0.05) is 0 Å². The summed E-state index contributed by atoms with van der Waals surface area (Å²) in [5.41, 5.74) is 31.0. The Kier molecular flexibility index (Phi) is 79.5. The van der Waals surface area contributed by atoms with Crippen LogP contribution in [0, 0.1) is 0 Å². The summed E-state index contributed by atoms with van der Waals surface area (Å²) in [6, 6.07) is 0. The Labute approximate surface area is 228 Å². The van der Waals surface area contributed by atoms with Gasteiger partial charge in [0.1, 0.15) is 0 Å². The average Bonchev–Trinajstić information content (AvgIpc) is 2.54. The van der Waals surface area contributed by atoms with Gasteiger partial charge < -0.3 is 72.9 Å². The molecule has 0 radical (unpaired) electrons. The number of phosphoric acid groups is 2. The molecule has 0 unspecified atom stereocenters. The summed E-state index contributed by atoms with van der Waals surface area (Å²) in [7, 11) is -10.8. The van der Waals surface area contributed by atoms with E-state index in [1.807, 2.05) is 0 Å². The van der Waals surface area contributed by atoms with Gasteiger partial charge >= 0.3 is 63.2 Å². The molecule has 0 amide bonds. The van der Waals surface area contributed by atoms with Gasteiger partial charge in [0.2, 0.25) is 0 Å². The molecule has 0 heterocycles. The van der Waals surface area contributed by atoms with Crippen LogP contribution in [0.15, 0.2) is 0 Å². The first-order valence-electron chi connectivity index (χ1n) is 8.41. The minimum atomic E-state index is -5.39. The van der Waals surface area contributed by atoms with Gasteiger partial charge in [0.15, 0.2) is 0 Å². The van der Waals surface area contributed by atoms with E-state index in [0.717, 1.165) is 77.8 Å². The minimum absolute atomic E-state index is 0. The molecule has 0 aromatic heterocycles. The van der Waals surface area contributed by atoms with Gasteiger partial charge in [-0.3, -0.25) is 0 Å². The third-order valence-corrected chi connectivity index (χ3v) is 1.97. The van der Waals surface area contributed by atoms with E-state index < -0.39 is 15.6 Å². The van der Waals surface area contributed by atoms with E-state index in [2.05, 4.69) is 0 Å². The molecule has 12 N–H and O–H groups in total. The molecule has 31 heavy (non-hydrogen) atoms. The molecule has 0 spiro atoms. The average molecular weight is 1040 g/mol. The van der Waals surface area contributed by atoms with Gasteiger partial charge in [0.25, 0.3) is 0 Å². The van der Waals surface area contributed by atoms with E-state index in [0.29, 0.717) is 0 Å². The molecule has 0 atom stereocenters. The number of nitrogens with two attached hydrogens (primary N) is 6. The Balaban J connectivity index is -0.0000000348. The Morgan fingerprint density at radius 1 is 0.387 bits per heavy atom. The van der Waals surface area contributed by atoms with E-state index in [1.54, 1.807) is 0 Å². The number of hydrogen-bond acceptors (Lipinski definition) is 14. The Morgan fingerprint density at radius 3 is 0.484 bits per heavy atom. The molecule has 0 aliphatic carbocycles. The normalized spacial score (nSPS) is 9.03. The maximum Gasteiger partial charge on any atom is 2.00 e. The predicted molar refractivity (Wildman–Crippen MR) is 97.2 cm³/mol. The number of unbranched alkanes of at least 4 members (excludes halogenated alkanes) is 3. The van der Waals surface area contributed by atoms with Crippen LogP contribution >= 0.6 is 15.6 Å². The summed E-state index contributed by atoms with van der Waals surface area (Å²) >= 11 is 0. The van der Waals surface area contributed by atoms with Crippen LogP contribution in [0.5, 0.6) is 0 Å². The molecule has 202 valence electrons. The van der Waals surface area contributed by atoms with Crippen molar-refractivity contribution < 1.29 is 102 Å². The molecular weight excluding hydrogens is 1000 g/mol. The summed E-state index contributed by atoms with van der Waals surface area (Å²) in [4.78, 5) is 51.3. The van der Waals surface area contributed by atoms with Gasteiger partial charge in [0.05, 0.1) is 0 Å². The Bertz CT molecular complexity index is 293. The maximum absolute atomic E-state index is 8.55. The summed E-state index contributed by atoms with van der Waals surface area (Å²) in [5, 5.41) is 0. The molecule has 19 heteroatoms. The topological polar surface area (TPSA) is 329 Å². The van der Waals surface area contributed by atoms with Crippen LogP contribution in [-0.2, 0) is 72.3 Å². The maximum atomic E-state index is 8.55. The van der Waals surface area contributed by atoms with Crippen molar-refractivity contribution in [3.05, 3.63) is 0 Å². The smallest absolute Gasteiger partial charge is 0.822 e. The van der Waals surface area contributed by atoms with Crippen LogP contribution < -0.4 is 63.8 Å². The number of rotatable bonds is 9. The van der Waals surface area contributed by atoms with Crippen molar-refractivity contribution in [1.29, 1.82) is 0 Å². The molecule has 0 aromatic rings. The molecule has 0 aliphatic rings. The third kappa shape index (κ3) is 237. The minimum Gasteiger partial charge on any atom is -0.822 e. The van der Waals surface area contributed by atoms with Crippen LogP contribution in [0.4, 0.5) is 0 Å². The zero-order valence-electron chi connectivity index (χ0n) is 17.1. The van der Waals surface area contributed by atoms with E-state index in [1.165, 1.54) is 0 Å².